The van der Waals surface area contributed by atoms with Crippen molar-refractivity contribution < 1.29 is 14.3 Å². The monoisotopic (exact) mass is 242 g/mol. The molecule has 0 amide bonds. The number of aldehydes is 1. The first-order valence-corrected chi connectivity index (χ1v) is 5.79. The molecule has 0 heterocycles. The van der Waals surface area contributed by atoms with E-state index in [-0.39, 0.29) is 23.5 Å². The number of carbonyl (C=O) groups is 2. The molecule has 92 valence electrons. The van der Waals surface area contributed by atoms with E-state index in [1.807, 2.05) is 12.1 Å². The number of benzene rings is 1. The highest BCUT2D eigenvalue weighted by Crippen LogP contribution is 2.44. The van der Waals surface area contributed by atoms with Gasteiger partial charge in [-0.1, -0.05) is 12.1 Å². The van der Waals surface area contributed by atoms with Gasteiger partial charge in [0.2, 0.25) is 0 Å². The van der Waals surface area contributed by atoms with Gasteiger partial charge < -0.3 is 9.53 Å². The van der Waals surface area contributed by atoms with Gasteiger partial charge in [0.05, 0.1) is 13.0 Å². The Morgan fingerprint density at radius 1 is 1.39 bits per heavy atom. The number of ketones is 1. The first-order valence-electron chi connectivity index (χ1n) is 5.79. The van der Waals surface area contributed by atoms with Crippen molar-refractivity contribution in [3.8, 4) is 18.1 Å². The Bertz CT molecular complexity index is 495. The molecule has 0 aromatic heterocycles. The molecular weight excluding hydrogens is 228 g/mol. The van der Waals surface area contributed by atoms with Crippen LogP contribution in [-0.2, 0) is 9.59 Å². The van der Waals surface area contributed by atoms with Crippen LogP contribution in [0.5, 0.6) is 5.75 Å². The van der Waals surface area contributed by atoms with Crippen LogP contribution in [0, 0.1) is 24.2 Å². The van der Waals surface area contributed by atoms with Crippen molar-refractivity contribution in [2.75, 3.05) is 7.11 Å². The zero-order valence-corrected chi connectivity index (χ0v) is 10.1. The van der Waals surface area contributed by atoms with Crippen molar-refractivity contribution in [2.24, 2.45) is 11.8 Å². The second kappa shape index (κ2) is 5.05. The summed E-state index contributed by atoms with van der Waals surface area (Å²) in [6.45, 7) is 0. The van der Waals surface area contributed by atoms with E-state index in [1.54, 1.807) is 19.2 Å². The van der Waals surface area contributed by atoms with E-state index in [9.17, 15) is 9.59 Å². The number of rotatable bonds is 4. The second-order valence-corrected chi connectivity index (χ2v) is 4.38. The summed E-state index contributed by atoms with van der Waals surface area (Å²) >= 11 is 0. The highest BCUT2D eigenvalue weighted by molar-refractivity contribution is 5.99. The molecule has 0 N–H and O–H groups in total. The van der Waals surface area contributed by atoms with E-state index >= 15 is 0 Å². The summed E-state index contributed by atoms with van der Waals surface area (Å²) in [7, 11) is 1.58. The molecule has 0 spiro atoms. The Hall–Kier alpha value is -2.08. The molecule has 3 nitrogen and oxygen atoms in total. The van der Waals surface area contributed by atoms with Crippen molar-refractivity contribution in [3.05, 3.63) is 29.8 Å². The lowest BCUT2D eigenvalue weighted by Crippen LogP contribution is -2.46. The Morgan fingerprint density at radius 3 is 2.56 bits per heavy atom. The van der Waals surface area contributed by atoms with Crippen LogP contribution in [0.15, 0.2) is 24.3 Å². The third-order valence-electron chi connectivity index (χ3n) is 3.49. The summed E-state index contributed by atoms with van der Waals surface area (Å²) in [5.74, 6) is 2.31. The molecule has 0 radical (unpaired) electrons. The highest BCUT2D eigenvalue weighted by Gasteiger charge is 2.49. The van der Waals surface area contributed by atoms with Crippen LogP contribution >= 0.6 is 0 Å². The van der Waals surface area contributed by atoms with E-state index in [4.69, 9.17) is 11.2 Å². The van der Waals surface area contributed by atoms with Crippen molar-refractivity contribution in [3.63, 3.8) is 0 Å². The minimum atomic E-state index is -0.341. The quantitative estimate of drug-likeness (QED) is 0.597. The number of carbonyl (C=O) groups excluding carboxylic acids is 2. The third kappa shape index (κ3) is 1.91. The van der Waals surface area contributed by atoms with Gasteiger partial charge in [-0.15, -0.1) is 12.3 Å². The van der Waals surface area contributed by atoms with Gasteiger partial charge in [0, 0.05) is 18.3 Å². The summed E-state index contributed by atoms with van der Waals surface area (Å²) < 4.78 is 5.06. The minimum Gasteiger partial charge on any atom is -0.497 e. The number of hydrogen-bond donors (Lipinski definition) is 0. The molecule has 1 aliphatic rings. The van der Waals surface area contributed by atoms with Gasteiger partial charge in [-0.2, -0.15) is 0 Å². The number of terminal acetylenes is 1. The lowest BCUT2D eigenvalue weighted by atomic mass is 9.60. The molecule has 1 unspecified atom stereocenters. The minimum absolute atomic E-state index is 0.0650. The van der Waals surface area contributed by atoms with Crippen LogP contribution in [0.25, 0.3) is 0 Å². The fraction of sp³-hybridized carbons (Fsp3) is 0.333. The third-order valence-corrected chi connectivity index (χ3v) is 3.49. The lowest BCUT2D eigenvalue weighted by Gasteiger charge is -2.39. The predicted octanol–water partition coefficient (Wildman–Crippen LogP) is 1.82. The Balaban J connectivity index is 2.20. The Kier molecular flexibility index (Phi) is 3.47. The van der Waals surface area contributed by atoms with E-state index in [0.29, 0.717) is 6.42 Å². The van der Waals surface area contributed by atoms with E-state index in [0.717, 1.165) is 17.6 Å². The van der Waals surface area contributed by atoms with Crippen molar-refractivity contribution in [1.29, 1.82) is 0 Å². The number of ether oxygens (including phenoxy) is 1. The number of methoxy groups -OCH3 is 1. The van der Waals surface area contributed by atoms with E-state index in [1.165, 1.54) is 0 Å². The maximum atomic E-state index is 12.0. The summed E-state index contributed by atoms with van der Waals surface area (Å²) in [5, 5.41) is 0. The lowest BCUT2D eigenvalue weighted by molar-refractivity contribution is -0.141. The van der Waals surface area contributed by atoms with Crippen LogP contribution in [0.3, 0.4) is 0 Å². The average molecular weight is 242 g/mol. The average Bonchev–Trinajstić information content (AvgIpc) is 2.42. The molecule has 1 aliphatic carbocycles. The summed E-state index contributed by atoms with van der Waals surface area (Å²) in [4.78, 5) is 23.1. The van der Waals surface area contributed by atoms with Gasteiger partial charge in [0.15, 0.2) is 0 Å². The first-order chi connectivity index (χ1) is 8.72. The molecule has 1 fully saturated rings. The molecule has 1 aromatic carbocycles. The Morgan fingerprint density at radius 2 is 2.06 bits per heavy atom. The smallest absolute Gasteiger partial charge is 0.145 e. The van der Waals surface area contributed by atoms with Gasteiger partial charge in [-0.3, -0.25) is 4.79 Å². The molecule has 3 atom stereocenters. The van der Waals surface area contributed by atoms with E-state index < -0.39 is 0 Å². The largest absolute Gasteiger partial charge is 0.497 e. The molecule has 18 heavy (non-hydrogen) atoms. The van der Waals surface area contributed by atoms with E-state index in [2.05, 4.69) is 5.92 Å². The molecule has 0 bridgehead atoms. The summed E-state index contributed by atoms with van der Waals surface area (Å²) in [5.41, 5.74) is 0.853. The SMILES string of the molecule is C#CC[C@@H]1C(=O)C(c2ccc(OC)cc2)[C@@H]1C=O. The maximum Gasteiger partial charge on any atom is 0.145 e. The number of Topliss-reactive ketones (excluding diaryl/α,β-unsaturated/α-hetero) is 1. The molecule has 3 heteroatoms. The normalized spacial score (nSPS) is 26.0. The number of hydrogen-bond acceptors (Lipinski definition) is 3. The van der Waals surface area contributed by atoms with Crippen LogP contribution in [0.4, 0.5) is 0 Å². The van der Waals surface area contributed by atoms with Crippen molar-refractivity contribution >= 4 is 12.1 Å². The molecule has 2 rings (SSSR count). The summed E-state index contributed by atoms with van der Waals surface area (Å²) in [6, 6.07) is 7.23. The van der Waals surface area contributed by atoms with Gasteiger partial charge in [0.25, 0.3) is 0 Å². The zero-order valence-electron chi connectivity index (χ0n) is 10.1. The molecule has 1 aromatic rings. The zero-order chi connectivity index (χ0) is 13.1. The molecular formula is C15H14O3. The summed E-state index contributed by atoms with van der Waals surface area (Å²) in [6.07, 6.45) is 6.39. The topological polar surface area (TPSA) is 43.4 Å². The van der Waals surface area contributed by atoms with Gasteiger partial charge in [0.1, 0.15) is 17.8 Å². The molecule has 0 aliphatic heterocycles. The predicted molar refractivity (Wildman–Crippen MR) is 67.2 cm³/mol. The fourth-order valence-corrected chi connectivity index (χ4v) is 2.46. The van der Waals surface area contributed by atoms with Crippen LogP contribution < -0.4 is 4.74 Å². The first kappa shape index (κ1) is 12.4. The van der Waals surface area contributed by atoms with Gasteiger partial charge in [-0.05, 0) is 17.7 Å². The van der Waals surface area contributed by atoms with Crippen molar-refractivity contribution in [2.45, 2.75) is 12.3 Å². The standard InChI is InChI=1S/C15H14O3/c1-3-4-12-13(9-16)14(15(12)17)10-5-7-11(18-2)8-6-10/h1,5-9,12-14H,4H2,2H3/t12-,13+,14?/m0/s1. The van der Waals surface area contributed by atoms with Gasteiger partial charge in [-0.25, -0.2) is 0 Å². The highest BCUT2D eigenvalue weighted by atomic mass is 16.5. The Labute approximate surface area is 106 Å². The van der Waals surface area contributed by atoms with Crippen molar-refractivity contribution in [1.82, 2.24) is 0 Å². The molecule has 0 saturated heterocycles. The van der Waals surface area contributed by atoms with Gasteiger partial charge >= 0.3 is 0 Å². The fourth-order valence-electron chi connectivity index (χ4n) is 2.46. The molecule has 1 saturated carbocycles. The van der Waals surface area contributed by atoms with Crippen LogP contribution in [-0.4, -0.2) is 19.2 Å². The van der Waals surface area contributed by atoms with Crippen LogP contribution in [0.1, 0.15) is 17.9 Å². The maximum absolute atomic E-state index is 12.0. The van der Waals surface area contributed by atoms with Crippen LogP contribution in [0.2, 0.25) is 0 Å². The second-order valence-electron chi connectivity index (χ2n) is 4.38.